The monoisotopic (exact) mass is 407 g/mol. The molecule has 1 aromatic carbocycles. The first kappa shape index (κ1) is 18.1. The summed E-state index contributed by atoms with van der Waals surface area (Å²) in [5.41, 5.74) is 0.508. The van der Waals surface area contributed by atoms with Gasteiger partial charge in [0.25, 0.3) is 0 Å². The lowest BCUT2D eigenvalue weighted by Gasteiger charge is -2.35. The first-order valence-corrected chi connectivity index (χ1v) is 10.7. The molecule has 3 heterocycles. The van der Waals surface area contributed by atoms with Gasteiger partial charge < -0.3 is 9.42 Å². The van der Waals surface area contributed by atoms with Crippen LogP contribution in [0.3, 0.4) is 0 Å². The first-order valence-electron chi connectivity index (χ1n) is 8.48. The Labute approximate surface area is 160 Å². The van der Waals surface area contributed by atoms with Crippen LogP contribution < -0.4 is 4.90 Å². The van der Waals surface area contributed by atoms with Crippen LogP contribution in [0.25, 0.3) is 10.6 Å². The Morgan fingerprint density at radius 1 is 1.15 bits per heavy atom. The van der Waals surface area contributed by atoms with E-state index in [-0.39, 0.29) is 5.82 Å². The van der Waals surface area contributed by atoms with Gasteiger partial charge in [-0.05, 0) is 25.1 Å². The maximum absolute atomic E-state index is 14.0. The van der Waals surface area contributed by atoms with E-state index in [0.29, 0.717) is 47.4 Å². The third kappa shape index (κ3) is 3.38. The SMILES string of the molecule is Cc1sc(-c2ccno2)cc1S(=O)(=O)N1CCN(c2ccccc2F)CC1. The largest absolute Gasteiger partial charge is 0.367 e. The number of para-hydroxylation sites is 1. The third-order valence-electron chi connectivity index (χ3n) is 4.60. The molecule has 0 aliphatic carbocycles. The molecule has 2 aromatic heterocycles. The number of thiophene rings is 1. The van der Waals surface area contributed by atoms with Crippen molar-refractivity contribution in [2.24, 2.45) is 0 Å². The van der Waals surface area contributed by atoms with Gasteiger partial charge in [-0.1, -0.05) is 17.3 Å². The number of benzene rings is 1. The maximum atomic E-state index is 14.0. The van der Waals surface area contributed by atoms with E-state index in [9.17, 15) is 12.8 Å². The fourth-order valence-electron chi connectivity index (χ4n) is 3.20. The summed E-state index contributed by atoms with van der Waals surface area (Å²) in [7, 11) is -3.62. The summed E-state index contributed by atoms with van der Waals surface area (Å²) < 4.78 is 46.8. The van der Waals surface area contributed by atoms with Crippen molar-refractivity contribution in [3.8, 4) is 10.6 Å². The second-order valence-electron chi connectivity index (χ2n) is 6.25. The minimum atomic E-state index is -3.62. The normalized spacial score (nSPS) is 16.0. The predicted octanol–water partition coefficient (Wildman–Crippen LogP) is 3.36. The molecule has 1 aliphatic rings. The van der Waals surface area contributed by atoms with Gasteiger partial charge >= 0.3 is 0 Å². The summed E-state index contributed by atoms with van der Waals surface area (Å²) >= 11 is 1.36. The minimum Gasteiger partial charge on any atom is -0.367 e. The van der Waals surface area contributed by atoms with E-state index >= 15 is 0 Å². The second-order valence-corrected chi connectivity index (χ2v) is 9.41. The highest BCUT2D eigenvalue weighted by Crippen LogP contribution is 2.35. The van der Waals surface area contributed by atoms with Crippen LogP contribution in [0.1, 0.15) is 4.88 Å². The molecule has 142 valence electrons. The van der Waals surface area contributed by atoms with Crippen LogP contribution in [0.5, 0.6) is 0 Å². The molecule has 1 aliphatic heterocycles. The second kappa shape index (κ2) is 7.06. The quantitative estimate of drug-likeness (QED) is 0.663. The molecule has 6 nitrogen and oxygen atoms in total. The van der Waals surface area contributed by atoms with Gasteiger partial charge in [-0.3, -0.25) is 0 Å². The highest BCUT2D eigenvalue weighted by molar-refractivity contribution is 7.89. The molecule has 0 spiro atoms. The van der Waals surface area contributed by atoms with Crippen molar-refractivity contribution in [2.45, 2.75) is 11.8 Å². The summed E-state index contributed by atoms with van der Waals surface area (Å²) in [6.07, 6.45) is 1.53. The van der Waals surface area contributed by atoms with Crippen LogP contribution in [-0.2, 0) is 10.0 Å². The molecule has 0 N–H and O–H groups in total. The van der Waals surface area contributed by atoms with Gasteiger partial charge in [-0.15, -0.1) is 11.3 Å². The fourth-order valence-corrected chi connectivity index (χ4v) is 6.14. The number of rotatable bonds is 4. The number of sulfonamides is 1. The van der Waals surface area contributed by atoms with Crippen molar-refractivity contribution in [2.75, 3.05) is 31.1 Å². The average molecular weight is 407 g/mol. The lowest BCUT2D eigenvalue weighted by Crippen LogP contribution is -2.48. The van der Waals surface area contributed by atoms with Crippen LogP contribution in [0, 0.1) is 12.7 Å². The molecule has 0 unspecified atom stereocenters. The molecule has 1 saturated heterocycles. The summed E-state index contributed by atoms with van der Waals surface area (Å²) in [4.78, 5) is 3.60. The fraction of sp³-hybridized carbons (Fsp3) is 0.278. The number of hydrogen-bond acceptors (Lipinski definition) is 6. The van der Waals surface area contributed by atoms with E-state index < -0.39 is 10.0 Å². The first-order chi connectivity index (χ1) is 13.0. The van der Waals surface area contributed by atoms with Crippen molar-refractivity contribution in [1.82, 2.24) is 9.46 Å². The highest BCUT2D eigenvalue weighted by Gasteiger charge is 2.31. The summed E-state index contributed by atoms with van der Waals surface area (Å²) in [6.45, 7) is 3.29. The van der Waals surface area contributed by atoms with Gasteiger partial charge in [0.2, 0.25) is 10.0 Å². The van der Waals surface area contributed by atoms with Crippen molar-refractivity contribution >= 4 is 27.0 Å². The Morgan fingerprint density at radius 2 is 1.89 bits per heavy atom. The van der Waals surface area contributed by atoms with Crippen LogP contribution in [-0.4, -0.2) is 44.1 Å². The summed E-state index contributed by atoms with van der Waals surface area (Å²) in [6, 6.07) is 9.89. The van der Waals surface area contributed by atoms with Crippen LogP contribution in [0.4, 0.5) is 10.1 Å². The molecule has 1 fully saturated rings. The minimum absolute atomic E-state index is 0.290. The smallest absolute Gasteiger partial charge is 0.244 e. The standard InChI is InChI=1S/C18H18FN3O3S2/c1-13-18(12-17(26-13)16-6-7-20-25-16)27(23,24)22-10-8-21(9-11-22)15-5-3-2-4-14(15)19/h2-7,12H,8-11H2,1H3. The molecule has 27 heavy (non-hydrogen) atoms. The predicted molar refractivity (Wildman–Crippen MR) is 102 cm³/mol. The van der Waals surface area contributed by atoms with Crippen LogP contribution in [0.2, 0.25) is 0 Å². The van der Waals surface area contributed by atoms with Gasteiger partial charge in [0, 0.05) is 37.1 Å². The Morgan fingerprint density at radius 3 is 2.56 bits per heavy atom. The number of piperazine rings is 1. The van der Waals surface area contributed by atoms with Gasteiger partial charge in [0.15, 0.2) is 5.76 Å². The molecular formula is C18H18FN3O3S2. The number of hydrogen-bond donors (Lipinski definition) is 0. The maximum Gasteiger partial charge on any atom is 0.244 e. The van der Waals surface area contributed by atoms with Gasteiger partial charge in [-0.2, -0.15) is 4.31 Å². The summed E-state index contributed by atoms with van der Waals surface area (Å²) in [5.74, 6) is 0.258. The van der Waals surface area contributed by atoms with E-state index in [1.54, 1.807) is 37.3 Å². The van der Waals surface area contributed by atoms with Crippen LogP contribution in [0.15, 0.2) is 52.0 Å². The van der Waals surface area contributed by atoms with Crippen molar-refractivity contribution in [3.05, 3.63) is 53.3 Å². The topological polar surface area (TPSA) is 66.7 Å². The molecule has 0 radical (unpaired) electrons. The number of aromatic nitrogens is 1. The lowest BCUT2D eigenvalue weighted by atomic mass is 10.2. The number of aryl methyl sites for hydroxylation is 1. The van der Waals surface area contributed by atoms with Crippen molar-refractivity contribution in [3.63, 3.8) is 0 Å². The Hall–Kier alpha value is -2.23. The lowest BCUT2D eigenvalue weighted by molar-refractivity contribution is 0.383. The van der Waals surface area contributed by atoms with Gasteiger partial charge in [0.05, 0.1) is 21.7 Å². The molecule has 3 aromatic rings. The van der Waals surface area contributed by atoms with E-state index in [1.165, 1.54) is 27.9 Å². The third-order valence-corrected chi connectivity index (χ3v) is 7.82. The number of halogens is 1. The summed E-state index contributed by atoms with van der Waals surface area (Å²) in [5, 5.41) is 3.67. The van der Waals surface area contributed by atoms with E-state index in [4.69, 9.17) is 4.52 Å². The van der Waals surface area contributed by atoms with Crippen LogP contribution >= 0.6 is 11.3 Å². The van der Waals surface area contributed by atoms with Gasteiger partial charge in [-0.25, -0.2) is 12.8 Å². The van der Waals surface area contributed by atoms with Crippen molar-refractivity contribution < 1.29 is 17.3 Å². The molecular weight excluding hydrogens is 389 g/mol. The molecule has 0 amide bonds. The van der Waals surface area contributed by atoms with E-state index in [1.807, 2.05) is 4.90 Å². The Bertz CT molecular complexity index is 1040. The molecule has 0 atom stereocenters. The molecule has 9 heteroatoms. The van der Waals surface area contributed by atoms with Gasteiger partial charge in [0.1, 0.15) is 5.82 Å². The molecule has 4 rings (SSSR count). The number of nitrogens with zero attached hydrogens (tertiary/aromatic N) is 3. The highest BCUT2D eigenvalue weighted by atomic mass is 32.2. The molecule has 0 saturated carbocycles. The number of anilines is 1. The van der Waals surface area contributed by atoms with E-state index in [0.717, 1.165) is 4.88 Å². The zero-order chi connectivity index (χ0) is 19.0. The van der Waals surface area contributed by atoms with Crippen molar-refractivity contribution in [1.29, 1.82) is 0 Å². The zero-order valence-corrected chi connectivity index (χ0v) is 16.3. The zero-order valence-electron chi connectivity index (χ0n) is 14.6. The van der Waals surface area contributed by atoms with E-state index in [2.05, 4.69) is 5.16 Å². The Kier molecular flexibility index (Phi) is 4.75. The molecule has 0 bridgehead atoms. The average Bonchev–Trinajstić information content (AvgIpc) is 3.32. The Balaban J connectivity index is 1.53.